The molecule has 16 heteroatoms. The van der Waals surface area contributed by atoms with Gasteiger partial charge in [0.1, 0.15) is 34.0 Å². The van der Waals surface area contributed by atoms with Crippen LogP contribution >= 0.6 is 34.9 Å². The second kappa shape index (κ2) is 9.71. The van der Waals surface area contributed by atoms with Crippen molar-refractivity contribution in [2.24, 2.45) is 0 Å². The smallest absolute Gasteiger partial charge is 0.435 e. The number of nitro groups is 1. The summed E-state index contributed by atoms with van der Waals surface area (Å²) in [5, 5.41) is 31.8. The number of amides is 2. The Hall–Kier alpha value is -2.98. The van der Waals surface area contributed by atoms with E-state index in [0.717, 1.165) is 5.01 Å². The van der Waals surface area contributed by atoms with Crippen LogP contribution in [0.3, 0.4) is 0 Å². The van der Waals surface area contributed by atoms with Crippen molar-refractivity contribution in [2.45, 2.75) is 42.6 Å². The van der Waals surface area contributed by atoms with E-state index in [1.54, 1.807) is 6.92 Å². The van der Waals surface area contributed by atoms with Gasteiger partial charge in [-0.1, -0.05) is 35.0 Å². The second-order valence-electron chi connectivity index (χ2n) is 7.33. The van der Waals surface area contributed by atoms with Crippen LogP contribution in [0, 0.1) is 17.0 Å². The highest BCUT2D eigenvalue weighted by Crippen LogP contribution is 2.41. The molecule has 4 heterocycles. The quantitative estimate of drug-likeness (QED) is 0.207. The van der Waals surface area contributed by atoms with Crippen LogP contribution in [0.25, 0.3) is 0 Å². The van der Waals surface area contributed by atoms with Crippen LogP contribution in [0.4, 0.5) is 5.95 Å². The standard InChI is InChI=1S/C18H19N7O6S3/c1-3-10-4-19-17(25(30)31)23(10)5-11(26)20-12-14(27)24-13(16(28)29)9(6-32-15(12)24)7-33-18-22-21-8(2)34-18/h4,12,15H,3,5-7H2,1-2H3,(H,20,26)(H,28,29)/t12-,15-/m1/s1. The van der Waals surface area contributed by atoms with Gasteiger partial charge in [-0.3, -0.25) is 14.5 Å². The molecule has 2 amide bonds. The first-order chi connectivity index (χ1) is 16.2. The zero-order chi connectivity index (χ0) is 24.6. The maximum Gasteiger partial charge on any atom is 0.435 e. The topological polar surface area (TPSA) is 173 Å². The number of rotatable bonds is 9. The van der Waals surface area contributed by atoms with E-state index in [9.17, 15) is 29.6 Å². The maximum atomic E-state index is 12.8. The van der Waals surface area contributed by atoms with E-state index in [1.807, 2.05) is 6.92 Å². The molecule has 13 nitrogen and oxygen atoms in total. The van der Waals surface area contributed by atoms with Gasteiger partial charge < -0.3 is 20.5 Å². The Kier molecular flexibility index (Phi) is 6.90. The van der Waals surface area contributed by atoms with Gasteiger partial charge in [0.05, 0.1) is 0 Å². The largest absolute Gasteiger partial charge is 0.477 e. The van der Waals surface area contributed by atoms with Gasteiger partial charge in [-0.05, 0) is 17.4 Å². The van der Waals surface area contributed by atoms with E-state index >= 15 is 0 Å². The zero-order valence-electron chi connectivity index (χ0n) is 18.0. The van der Waals surface area contributed by atoms with Gasteiger partial charge in [0.15, 0.2) is 10.9 Å². The third kappa shape index (κ3) is 4.52. The van der Waals surface area contributed by atoms with Crippen molar-refractivity contribution in [1.29, 1.82) is 0 Å². The van der Waals surface area contributed by atoms with Crippen LogP contribution in [0.15, 0.2) is 21.8 Å². The second-order valence-corrected chi connectivity index (χ2v) is 10.8. The van der Waals surface area contributed by atoms with Gasteiger partial charge in [0, 0.05) is 17.9 Å². The van der Waals surface area contributed by atoms with E-state index < -0.39 is 40.1 Å². The first-order valence-electron chi connectivity index (χ1n) is 10.0. The van der Waals surface area contributed by atoms with Crippen molar-refractivity contribution in [1.82, 2.24) is 30.0 Å². The number of carboxylic acids is 1. The Morgan fingerprint density at radius 1 is 1.41 bits per heavy atom. The highest BCUT2D eigenvalue weighted by molar-refractivity contribution is 8.01. The third-order valence-corrected chi connectivity index (χ3v) is 8.59. The molecular formula is C18H19N7O6S3. The summed E-state index contributed by atoms with van der Waals surface area (Å²) in [5.41, 5.74) is 1.03. The number of carbonyl (C=O) groups is 3. The van der Waals surface area contributed by atoms with Crippen LogP contribution in [0.5, 0.6) is 0 Å². The molecule has 0 unspecified atom stereocenters. The Bertz CT molecular complexity index is 1210. The summed E-state index contributed by atoms with van der Waals surface area (Å²) in [7, 11) is 0. The lowest BCUT2D eigenvalue weighted by molar-refractivity contribution is -0.396. The molecule has 0 bridgehead atoms. The first kappa shape index (κ1) is 24.2. The minimum absolute atomic E-state index is 0.0773. The monoisotopic (exact) mass is 525 g/mol. The summed E-state index contributed by atoms with van der Waals surface area (Å²) < 4.78 is 1.90. The highest BCUT2D eigenvalue weighted by Gasteiger charge is 2.54. The fourth-order valence-electron chi connectivity index (χ4n) is 3.64. The normalized spacial score (nSPS) is 19.6. The Morgan fingerprint density at radius 3 is 2.79 bits per heavy atom. The fourth-order valence-corrected chi connectivity index (χ4v) is 6.94. The number of nitrogens with one attached hydrogen (secondary N) is 1. The molecule has 2 atom stereocenters. The lowest BCUT2D eigenvalue weighted by Crippen LogP contribution is -2.70. The van der Waals surface area contributed by atoms with Gasteiger partial charge in [-0.25, -0.2) is 9.36 Å². The first-order valence-corrected chi connectivity index (χ1v) is 12.9. The number of imidazole rings is 1. The van der Waals surface area contributed by atoms with Crippen LogP contribution in [0.1, 0.15) is 17.6 Å². The predicted octanol–water partition coefficient (Wildman–Crippen LogP) is 1.04. The van der Waals surface area contributed by atoms with E-state index in [-0.39, 0.29) is 12.2 Å². The minimum atomic E-state index is -1.21. The SMILES string of the molecule is CCc1cnc([N+](=O)[O-])n1CC(=O)N[C@@H]1C(=O)N2C(C(=O)O)=C(CSc3nnc(C)s3)CS[C@H]12. The van der Waals surface area contributed by atoms with E-state index in [2.05, 4.69) is 20.5 Å². The number of hydrogen-bond donors (Lipinski definition) is 2. The average Bonchev–Trinajstić information content (AvgIpc) is 3.40. The Balaban J connectivity index is 1.45. The summed E-state index contributed by atoms with van der Waals surface area (Å²) in [6, 6.07) is -0.917. The number of hydrogen-bond acceptors (Lipinski definition) is 11. The molecule has 0 radical (unpaired) electrons. The van der Waals surface area contributed by atoms with Gasteiger partial charge >= 0.3 is 11.9 Å². The number of aryl methyl sites for hydroxylation is 2. The van der Waals surface area contributed by atoms with Gasteiger partial charge in [0.2, 0.25) is 0 Å². The Labute approximate surface area is 205 Å². The number of fused-ring (bicyclic) bond motifs is 1. The number of carbonyl (C=O) groups excluding carboxylic acids is 2. The Morgan fingerprint density at radius 2 is 2.18 bits per heavy atom. The molecule has 2 N–H and O–H groups in total. The molecule has 180 valence electrons. The van der Waals surface area contributed by atoms with E-state index in [0.29, 0.717) is 33.5 Å². The summed E-state index contributed by atoms with van der Waals surface area (Å²) >= 11 is 4.12. The summed E-state index contributed by atoms with van der Waals surface area (Å²) in [5.74, 6) is -2.07. The summed E-state index contributed by atoms with van der Waals surface area (Å²) in [6.45, 7) is 3.24. The molecular weight excluding hydrogens is 506 g/mol. The molecule has 1 fully saturated rings. The summed E-state index contributed by atoms with van der Waals surface area (Å²) in [6.07, 6.45) is 1.78. The van der Waals surface area contributed by atoms with Gasteiger partial charge in [-0.15, -0.1) is 22.0 Å². The molecule has 0 spiro atoms. The molecule has 2 aliphatic rings. The highest BCUT2D eigenvalue weighted by atomic mass is 32.2. The average molecular weight is 526 g/mol. The van der Waals surface area contributed by atoms with Crippen LogP contribution in [-0.4, -0.2) is 75.4 Å². The van der Waals surface area contributed by atoms with Crippen molar-refractivity contribution in [2.75, 3.05) is 11.5 Å². The molecule has 0 aliphatic carbocycles. The lowest BCUT2D eigenvalue weighted by atomic mass is 10.0. The van der Waals surface area contributed by atoms with Crippen molar-refractivity contribution in [3.05, 3.63) is 38.3 Å². The van der Waals surface area contributed by atoms with Crippen molar-refractivity contribution >= 4 is 58.6 Å². The third-order valence-electron chi connectivity index (χ3n) is 5.19. The molecule has 0 saturated carbocycles. The van der Waals surface area contributed by atoms with Crippen molar-refractivity contribution < 1.29 is 24.4 Å². The predicted molar refractivity (Wildman–Crippen MR) is 123 cm³/mol. The number of carboxylic acid groups (broad SMARTS) is 1. The molecule has 4 rings (SSSR count). The molecule has 2 aromatic rings. The molecule has 2 aliphatic heterocycles. The number of nitrogens with zero attached hydrogens (tertiary/aromatic N) is 6. The number of aromatic nitrogens is 4. The molecule has 2 aromatic heterocycles. The number of thioether (sulfide) groups is 2. The summed E-state index contributed by atoms with van der Waals surface area (Å²) in [4.78, 5) is 52.8. The molecule has 1 saturated heterocycles. The van der Waals surface area contributed by atoms with Crippen LogP contribution in [-0.2, 0) is 27.3 Å². The van der Waals surface area contributed by atoms with Crippen LogP contribution < -0.4 is 5.32 Å². The molecule has 34 heavy (non-hydrogen) atoms. The van der Waals surface area contributed by atoms with Crippen molar-refractivity contribution in [3.8, 4) is 0 Å². The zero-order valence-corrected chi connectivity index (χ0v) is 20.4. The van der Waals surface area contributed by atoms with Gasteiger partial charge in [0.25, 0.3) is 11.8 Å². The molecule has 0 aromatic carbocycles. The van der Waals surface area contributed by atoms with Crippen LogP contribution in [0.2, 0.25) is 0 Å². The minimum Gasteiger partial charge on any atom is -0.477 e. The lowest BCUT2D eigenvalue weighted by Gasteiger charge is -2.49. The number of β-lactam (4-membered cyclic amide) rings is 1. The van der Waals surface area contributed by atoms with Gasteiger partial charge in [-0.2, -0.15) is 0 Å². The van der Waals surface area contributed by atoms with E-state index in [1.165, 1.54) is 50.5 Å². The fraction of sp³-hybridized carbons (Fsp3) is 0.444. The number of aliphatic carboxylic acids is 1. The van der Waals surface area contributed by atoms with Crippen molar-refractivity contribution in [3.63, 3.8) is 0 Å². The maximum absolute atomic E-state index is 12.8. The van der Waals surface area contributed by atoms with E-state index in [4.69, 9.17) is 0 Å².